The summed E-state index contributed by atoms with van der Waals surface area (Å²) in [6.07, 6.45) is 6.85. The van der Waals surface area contributed by atoms with Crippen LogP contribution in [0.5, 0.6) is 0 Å². The summed E-state index contributed by atoms with van der Waals surface area (Å²) >= 11 is 0. The molecule has 1 aliphatic heterocycles. The third kappa shape index (κ3) is 2.61. The van der Waals surface area contributed by atoms with Crippen molar-refractivity contribution in [3.63, 3.8) is 0 Å². The van der Waals surface area contributed by atoms with Crippen molar-refractivity contribution in [3.8, 4) is 0 Å². The van der Waals surface area contributed by atoms with E-state index < -0.39 is 0 Å². The van der Waals surface area contributed by atoms with Gasteiger partial charge in [-0.15, -0.1) is 0 Å². The van der Waals surface area contributed by atoms with Gasteiger partial charge < -0.3 is 4.90 Å². The molecule has 114 valence electrons. The van der Waals surface area contributed by atoms with Crippen molar-refractivity contribution in [3.05, 3.63) is 0 Å². The first-order valence-corrected chi connectivity index (χ1v) is 8.49. The number of rotatable bonds is 6. The first-order valence-electron chi connectivity index (χ1n) is 8.49. The summed E-state index contributed by atoms with van der Waals surface area (Å²) in [5, 5.41) is 3.61. The molecule has 3 fully saturated rings. The molecule has 0 aromatic carbocycles. The van der Waals surface area contributed by atoms with Gasteiger partial charge in [-0.3, -0.25) is 10.1 Å². The minimum atomic E-state index is 0.0359. The number of hydrogen-bond acceptors (Lipinski definition) is 2. The molecule has 2 unspecified atom stereocenters. The molecule has 1 amide bonds. The fraction of sp³-hybridized carbons (Fsp3) is 0.941. The molecule has 0 aromatic rings. The van der Waals surface area contributed by atoms with Crippen LogP contribution in [0, 0.1) is 23.2 Å². The fourth-order valence-corrected chi connectivity index (χ4v) is 3.90. The van der Waals surface area contributed by atoms with Gasteiger partial charge in [-0.05, 0) is 55.3 Å². The van der Waals surface area contributed by atoms with Crippen molar-refractivity contribution in [2.45, 2.75) is 72.0 Å². The van der Waals surface area contributed by atoms with Gasteiger partial charge in [0.15, 0.2) is 0 Å². The lowest BCUT2D eigenvalue weighted by Gasteiger charge is -2.30. The summed E-state index contributed by atoms with van der Waals surface area (Å²) in [5.41, 5.74) is 0.512. The summed E-state index contributed by atoms with van der Waals surface area (Å²) in [6, 6.07) is 0.0359. The van der Waals surface area contributed by atoms with E-state index in [1.54, 1.807) is 0 Å². The van der Waals surface area contributed by atoms with Gasteiger partial charge in [-0.2, -0.15) is 0 Å². The van der Waals surface area contributed by atoms with Crippen LogP contribution in [0.15, 0.2) is 0 Å². The van der Waals surface area contributed by atoms with Crippen LogP contribution in [0.4, 0.5) is 0 Å². The minimum absolute atomic E-state index is 0.0359. The van der Waals surface area contributed by atoms with Crippen LogP contribution in [0.1, 0.15) is 59.8 Å². The molecule has 1 heterocycles. The van der Waals surface area contributed by atoms with Crippen LogP contribution < -0.4 is 5.32 Å². The Bertz CT molecular complexity index is 382. The van der Waals surface area contributed by atoms with Crippen molar-refractivity contribution >= 4 is 5.91 Å². The summed E-state index contributed by atoms with van der Waals surface area (Å²) in [4.78, 5) is 15.0. The highest BCUT2D eigenvalue weighted by Gasteiger charge is 2.56. The zero-order valence-electron chi connectivity index (χ0n) is 13.5. The molecule has 3 aliphatic rings. The van der Waals surface area contributed by atoms with Crippen molar-refractivity contribution in [2.24, 2.45) is 23.2 Å². The number of nitrogens with zero attached hydrogens (tertiary/aromatic N) is 1. The summed E-state index contributed by atoms with van der Waals surface area (Å²) in [5.74, 6) is 2.30. The molecule has 0 bridgehead atoms. The smallest absolute Gasteiger partial charge is 0.241 e. The van der Waals surface area contributed by atoms with E-state index in [0.29, 0.717) is 23.2 Å². The molecule has 2 atom stereocenters. The third-order valence-corrected chi connectivity index (χ3v) is 5.48. The summed E-state index contributed by atoms with van der Waals surface area (Å²) in [7, 11) is 0. The van der Waals surface area contributed by atoms with Crippen LogP contribution in [-0.2, 0) is 4.79 Å². The van der Waals surface area contributed by atoms with E-state index in [4.69, 9.17) is 0 Å². The Balaban J connectivity index is 1.72. The van der Waals surface area contributed by atoms with Crippen LogP contribution >= 0.6 is 0 Å². The first-order chi connectivity index (χ1) is 9.43. The highest BCUT2D eigenvalue weighted by molar-refractivity contribution is 5.84. The maximum absolute atomic E-state index is 12.8. The SMILES string of the molecule is CC(C)CC1NC(C(C)C)C(=O)N1CC1(C2CC2)CC1. The molecular formula is C17H30N2O. The molecule has 0 spiro atoms. The predicted molar refractivity (Wildman–Crippen MR) is 81.1 cm³/mol. The Labute approximate surface area is 123 Å². The number of carbonyl (C=O) groups is 1. The predicted octanol–water partition coefficient (Wildman–Crippen LogP) is 3.01. The van der Waals surface area contributed by atoms with E-state index in [1.807, 2.05) is 0 Å². The Hall–Kier alpha value is -0.570. The van der Waals surface area contributed by atoms with Crippen molar-refractivity contribution < 1.29 is 4.79 Å². The summed E-state index contributed by atoms with van der Waals surface area (Å²) < 4.78 is 0. The van der Waals surface area contributed by atoms with Crippen LogP contribution in [-0.4, -0.2) is 29.6 Å². The number of nitrogens with one attached hydrogen (secondary N) is 1. The molecule has 1 saturated heterocycles. The second-order valence-corrected chi connectivity index (χ2v) is 8.14. The quantitative estimate of drug-likeness (QED) is 0.810. The van der Waals surface area contributed by atoms with E-state index in [-0.39, 0.29) is 12.2 Å². The topological polar surface area (TPSA) is 32.3 Å². The second-order valence-electron chi connectivity index (χ2n) is 8.14. The molecule has 3 heteroatoms. The zero-order valence-corrected chi connectivity index (χ0v) is 13.5. The molecule has 0 radical (unpaired) electrons. The normalized spacial score (nSPS) is 32.5. The van der Waals surface area contributed by atoms with Gasteiger partial charge in [0.2, 0.25) is 5.91 Å². The van der Waals surface area contributed by atoms with Crippen molar-refractivity contribution in [2.75, 3.05) is 6.54 Å². The third-order valence-electron chi connectivity index (χ3n) is 5.48. The first kappa shape index (κ1) is 14.4. The number of hydrogen-bond donors (Lipinski definition) is 1. The number of carbonyl (C=O) groups excluding carboxylic acids is 1. The lowest BCUT2D eigenvalue weighted by atomic mass is 9.98. The molecule has 2 aliphatic carbocycles. The standard InChI is InChI=1S/C17H30N2O/c1-11(2)9-14-18-15(12(3)4)16(20)19(14)10-17(7-8-17)13-5-6-13/h11-15,18H,5-10H2,1-4H3. The van der Waals surface area contributed by atoms with Crippen LogP contribution in [0.25, 0.3) is 0 Å². The number of amides is 1. The van der Waals surface area contributed by atoms with Gasteiger partial charge in [0.25, 0.3) is 0 Å². The Kier molecular flexibility index (Phi) is 3.60. The molecule has 1 N–H and O–H groups in total. The second kappa shape index (κ2) is 5.01. The van der Waals surface area contributed by atoms with E-state index in [0.717, 1.165) is 18.9 Å². The molecule has 3 rings (SSSR count). The average Bonchev–Trinajstić information content (AvgIpc) is 3.23. The average molecular weight is 278 g/mol. The summed E-state index contributed by atoms with van der Waals surface area (Å²) in [6.45, 7) is 9.82. The van der Waals surface area contributed by atoms with Crippen LogP contribution in [0.3, 0.4) is 0 Å². The fourth-order valence-electron chi connectivity index (χ4n) is 3.90. The van der Waals surface area contributed by atoms with Gasteiger partial charge in [0.1, 0.15) is 0 Å². The van der Waals surface area contributed by atoms with E-state index >= 15 is 0 Å². The lowest BCUT2D eigenvalue weighted by Crippen LogP contribution is -2.42. The monoisotopic (exact) mass is 278 g/mol. The molecule has 0 aromatic heterocycles. The molecular weight excluding hydrogens is 248 g/mol. The minimum Gasteiger partial charge on any atom is -0.325 e. The van der Waals surface area contributed by atoms with E-state index in [2.05, 4.69) is 37.9 Å². The highest BCUT2D eigenvalue weighted by atomic mass is 16.2. The van der Waals surface area contributed by atoms with Gasteiger partial charge in [-0.25, -0.2) is 0 Å². The van der Waals surface area contributed by atoms with Crippen molar-refractivity contribution in [1.29, 1.82) is 0 Å². The molecule has 2 saturated carbocycles. The van der Waals surface area contributed by atoms with Gasteiger partial charge in [0.05, 0.1) is 12.2 Å². The maximum atomic E-state index is 12.8. The van der Waals surface area contributed by atoms with E-state index in [9.17, 15) is 4.79 Å². The largest absolute Gasteiger partial charge is 0.325 e. The van der Waals surface area contributed by atoms with Crippen LogP contribution in [0.2, 0.25) is 0 Å². The van der Waals surface area contributed by atoms with Gasteiger partial charge >= 0.3 is 0 Å². The lowest BCUT2D eigenvalue weighted by molar-refractivity contribution is -0.131. The maximum Gasteiger partial charge on any atom is 0.241 e. The highest BCUT2D eigenvalue weighted by Crippen LogP contribution is 2.61. The zero-order chi connectivity index (χ0) is 14.5. The van der Waals surface area contributed by atoms with Crippen molar-refractivity contribution in [1.82, 2.24) is 10.2 Å². The van der Waals surface area contributed by atoms with Gasteiger partial charge in [-0.1, -0.05) is 27.7 Å². The van der Waals surface area contributed by atoms with Gasteiger partial charge in [0, 0.05) is 6.54 Å². The van der Waals surface area contributed by atoms with E-state index in [1.165, 1.54) is 25.7 Å². The Morgan fingerprint density at radius 2 is 1.90 bits per heavy atom. The molecule has 20 heavy (non-hydrogen) atoms. The Morgan fingerprint density at radius 1 is 1.25 bits per heavy atom. The Morgan fingerprint density at radius 3 is 2.35 bits per heavy atom. The molecule has 3 nitrogen and oxygen atoms in total.